The predicted octanol–water partition coefficient (Wildman–Crippen LogP) is 3.46. The fraction of sp³-hybridized carbons (Fsp3) is 0.263. The number of hydrogen-bond donors (Lipinski definition) is 1. The highest BCUT2D eigenvalue weighted by atomic mass is 32.2. The summed E-state index contributed by atoms with van der Waals surface area (Å²) >= 11 is 1.21. The largest absolute Gasteiger partial charge is 0.411 e. The highest BCUT2D eigenvalue weighted by molar-refractivity contribution is 7.99. The van der Waals surface area contributed by atoms with E-state index in [-0.39, 0.29) is 11.7 Å². The van der Waals surface area contributed by atoms with E-state index in [0.29, 0.717) is 11.1 Å². The Morgan fingerprint density at radius 2 is 1.81 bits per heavy atom. The Morgan fingerprint density at radius 1 is 1.07 bits per heavy atom. The second kappa shape index (κ2) is 8.22. The topological polar surface area (TPSA) is 84.1 Å². The van der Waals surface area contributed by atoms with Crippen LogP contribution in [0.3, 0.4) is 0 Å². The Labute approximate surface area is 161 Å². The molecule has 7 nitrogen and oxygen atoms in total. The van der Waals surface area contributed by atoms with Crippen molar-refractivity contribution < 1.29 is 9.21 Å². The van der Waals surface area contributed by atoms with Crippen LogP contribution in [0.2, 0.25) is 0 Å². The molecule has 1 saturated heterocycles. The third kappa shape index (κ3) is 4.46. The van der Waals surface area contributed by atoms with Crippen molar-refractivity contribution in [2.75, 3.05) is 29.1 Å². The number of thioether (sulfide) groups is 1. The number of hydrogen-bond acceptors (Lipinski definition) is 7. The smallest absolute Gasteiger partial charge is 0.277 e. The molecule has 0 saturated carbocycles. The Morgan fingerprint density at radius 3 is 2.56 bits per heavy atom. The molecule has 27 heavy (non-hydrogen) atoms. The molecule has 1 N–H and O–H groups in total. The maximum atomic E-state index is 12.2. The van der Waals surface area contributed by atoms with Gasteiger partial charge in [0.1, 0.15) is 0 Å². The van der Waals surface area contributed by atoms with Gasteiger partial charge in [-0.1, -0.05) is 11.8 Å². The molecule has 3 aromatic rings. The summed E-state index contributed by atoms with van der Waals surface area (Å²) in [4.78, 5) is 18.5. The molecule has 0 bridgehead atoms. The SMILES string of the molecule is O=C(CSc1nnc(-c2ccncc2)o1)Nc1ccc(N2CCCC2)cc1. The van der Waals surface area contributed by atoms with Gasteiger partial charge in [-0.05, 0) is 49.2 Å². The molecule has 3 heterocycles. The second-order valence-corrected chi connectivity index (χ2v) is 7.11. The minimum absolute atomic E-state index is 0.113. The van der Waals surface area contributed by atoms with E-state index >= 15 is 0 Å². The molecule has 0 aliphatic carbocycles. The van der Waals surface area contributed by atoms with Crippen molar-refractivity contribution in [3.05, 3.63) is 48.8 Å². The van der Waals surface area contributed by atoms with Gasteiger partial charge in [0.15, 0.2) is 0 Å². The van der Waals surface area contributed by atoms with Gasteiger partial charge >= 0.3 is 0 Å². The number of amides is 1. The first-order valence-corrected chi connectivity index (χ1v) is 9.78. The van der Waals surface area contributed by atoms with E-state index in [1.807, 2.05) is 24.3 Å². The van der Waals surface area contributed by atoms with E-state index in [1.165, 1.54) is 30.3 Å². The van der Waals surface area contributed by atoms with Gasteiger partial charge in [0.25, 0.3) is 5.22 Å². The Bertz CT molecular complexity index is 892. The van der Waals surface area contributed by atoms with E-state index < -0.39 is 0 Å². The van der Waals surface area contributed by atoms with Gasteiger partial charge in [-0.25, -0.2) is 0 Å². The van der Waals surface area contributed by atoms with Crippen molar-refractivity contribution in [1.29, 1.82) is 0 Å². The molecule has 0 spiro atoms. The van der Waals surface area contributed by atoms with Crippen molar-refractivity contribution in [1.82, 2.24) is 15.2 Å². The van der Waals surface area contributed by atoms with Gasteiger partial charge in [-0.2, -0.15) is 0 Å². The normalized spacial score (nSPS) is 13.7. The van der Waals surface area contributed by atoms with Crippen molar-refractivity contribution >= 4 is 29.0 Å². The average Bonchev–Trinajstić information content (AvgIpc) is 3.40. The van der Waals surface area contributed by atoms with Crippen LogP contribution in [0, 0.1) is 0 Å². The van der Waals surface area contributed by atoms with E-state index in [2.05, 4.69) is 25.4 Å². The fourth-order valence-corrected chi connectivity index (χ4v) is 3.50. The molecular weight excluding hydrogens is 362 g/mol. The Hall–Kier alpha value is -2.87. The lowest BCUT2D eigenvalue weighted by atomic mass is 10.2. The quantitative estimate of drug-likeness (QED) is 0.655. The summed E-state index contributed by atoms with van der Waals surface area (Å²) in [6.07, 6.45) is 5.81. The van der Waals surface area contributed by atoms with Crippen molar-refractivity contribution in [3.8, 4) is 11.5 Å². The first-order valence-electron chi connectivity index (χ1n) is 8.79. The first kappa shape index (κ1) is 17.5. The van der Waals surface area contributed by atoms with Gasteiger partial charge in [-0.3, -0.25) is 9.78 Å². The molecule has 1 aliphatic rings. The number of pyridine rings is 1. The molecule has 4 rings (SSSR count). The molecule has 2 aromatic heterocycles. The minimum Gasteiger partial charge on any atom is -0.411 e. The lowest BCUT2D eigenvalue weighted by Crippen LogP contribution is -2.18. The van der Waals surface area contributed by atoms with Crippen molar-refractivity contribution in [2.24, 2.45) is 0 Å². The molecule has 138 valence electrons. The summed E-state index contributed by atoms with van der Waals surface area (Å²) in [5.74, 6) is 0.502. The van der Waals surface area contributed by atoms with Crippen LogP contribution in [0.4, 0.5) is 11.4 Å². The summed E-state index contributed by atoms with van der Waals surface area (Å²) in [6, 6.07) is 11.6. The van der Waals surface area contributed by atoms with Crippen LogP contribution in [-0.2, 0) is 4.79 Å². The number of benzene rings is 1. The lowest BCUT2D eigenvalue weighted by molar-refractivity contribution is -0.113. The number of nitrogens with one attached hydrogen (secondary N) is 1. The second-order valence-electron chi connectivity index (χ2n) is 6.19. The van der Waals surface area contributed by atoms with E-state index in [0.717, 1.165) is 24.3 Å². The number of rotatable bonds is 6. The van der Waals surface area contributed by atoms with E-state index in [4.69, 9.17) is 4.42 Å². The van der Waals surface area contributed by atoms with E-state index in [9.17, 15) is 4.79 Å². The number of carbonyl (C=O) groups excluding carboxylic acids is 1. The molecule has 1 amide bonds. The van der Waals surface area contributed by atoms with Crippen LogP contribution in [-0.4, -0.2) is 39.9 Å². The van der Waals surface area contributed by atoms with Crippen LogP contribution in [0.15, 0.2) is 58.4 Å². The Kier molecular flexibility index (Phi) is 5.34. The maximum Gasteiger partial charge on any atom is 0.277 e. The van der Waals surface area contributed by atoms with Gasteiger partial charge in [0, 0.05) is 42.4 Å². The number of carbonyl (C=O) groups is 1. The molecule has 1 aromatic carbocycles. The van der Waals surface area contributed by atoms with E-state index in [1.54, 1.807) is 24.5 Å². The first-order chi connectivity index (χ1) is 13.3. The summed E-state index contributed by atoms with van der Waals surface area (Å²) < 4.78 is 5.57. The predicted molar refractivity (Wildman–Crippen MR) is 105 cm³/mol. The fourth-order valence-electron chi connectivity index (χ4n) is 2.93. The number of aromatic nitrogens is 3. The van der Waals surface area contributed by atoms with Gasteiger partial charge < -0.3 is 14.6 Å². The minimum atomic E-state index is -0.113. The van der Waals surface area contributed by atoms with Gasteiger partial charge in [0.05, 0.1) is 5.75 Å². The molecule has 0 atom stereocenters. The zero-order chi connectivity index (χ0) is 18.5. The maximum absolute atomic E-state index is 12.2. The summed E-state index contributed by atoms with van der Waals surface area (Å²) in [6.45, 7) is 2.21. The molecule has 8 heteroatoms. The summed E-state index contributed by atoms with van der Waals surface area (Å²) in [5, 5.41) is 11.2. The van der Waals surface area contributed by atoms with Crippen LogP contribution in [0.5, 0.6) is 0 Å². The lowest BCUT2D eigenvalue weighted by Gasteiger charge is -2.17. The van der Waals surface area contributed by atoms with Crippen molar-refractivity contribution in [3.63, 3.8) is 0 Å². The van der Waals surface area contributed by atoms with Gasteiger partial charge in [-0.15, -0.1) is 10.2 Å². The summed E-state index contributed by atoms with van der Waals surface area (Å²) in [7, 11) is 0. The van der Waals surface area contributed by atoms with Crippen LogP contribution < -0.4 is 10.2 Å². The number of anilines is 2. The monoisotopic (exact) mass is 381 g/mol. The van der Waals surface area contributed by atoms with Crippen LogP contribution >= 0.6 is 11.8 Å². The van der Waals surface area contributed by atoms with Crippen molar-refractivity contribution in [2.45, 2.75) is 18.1 Å². The highest BCUT2D eigenvalue weighted by Gasteiger charge is 2.13. The molecule has 0 unspecified atom stereocenters. The number of nitrogens with zero attached hydrogens (tertiary/aromatic N) is 4. The molecule has 0 radical (unpaired) electrons. The molecule has 1 aliphatic heterocycles. The van der Waals surface area contributed by atoms with Crippen LogP contribution in [0.1, 0.15) is 12.8 Å². The van der Waals surface area contributed by atoms with Crippen LogP contribution in [0.25, 0.3) is 11.5 Å². The summed E-state index contributed by atoms with van der Waals surface area (Å²) in [5.41, 5.74) is 2.79. The molecular formula is C19H19N5O2S. The Balaban J connectivity index is 1.29. The zero-order valence-electron chi connectivity index (χ0n) is 14.7. The third-order valence-electron chi connectivity index (χ3n) is 4.28. The average molecular weight is 381 g/mol. The van der Waals surface area contributed by atoms with Gasteiger partial charge in [0.2, 0.25) is 11.8 Å². The third-order valence-corrected chi connectivity index (χ3v) is 5.10. The highest BCUT2D eigenvalue weighted by Crippen LogP contribution is 2.24. The zero-order valence-corrected chi connectivity index (χ0v) is 15.5. The molecule has 1 fully saturated rings. The standard InChI is InChI=1S/C19H19N5O2S/c25-17(21-15-3-5-16(6-4-15)24-11-1-2-12-24)13-27-19-23-22-18(26-19)14-7-9-20-10-8-14/h3-10H,1-2,11-13H2,(H,21,25).